The van der Waals surface area contributed by atoms with E-state index in [0.717, 1.165) is 32.2 Å². The quantitative estimate of drug-likeness (QED) is 0.393. The molecule has 0 radical (unpaired) electrons. The van der Waals surface area contributed by atoms with Crippen LogP contribution in [0.3, 0.4) is 0 Å². The van der Waals surface area contributed by atoms with Gasteiger partial charge in [0.25, 0.3) is 0 Å². The summed E-state index contributed by atoms with van der Waals surface area (Å²) in [6.45, 7) is 0. The highest BCUT2D eigenvalue weighted by atomic mass is 79.9. The fourth-order valence-corrected chi connectivity index (χ4v) is 3.08. The van der Waals surface area contributed by atoms with Gasteiger partial charge in [-0.2, -0.15) is 0 Å². The summed E-state index contributed by atoms with van der Waals surface area (Å²) in [6.07, 6.45) is 0. The highest BCUT2D eigenvalue weighted by Crippen LogP contribution is 2.31. The number of fused-ring (bicyclic) bond motifs is 1. The lowest BCUT2D eigenvalue weighted by Crippen LogP contribution is -1.95. The smallest absolute Gasteiger partial charge is 0.160 e. The summed E-state index contributed by atoms with van der Waals surface area (Å²) < 4.78 is 0.858. The first-order valence-corrected chi connectivity index (χ1v) is 8.67. The van der Waals surface area contributed by atoms with Crippen LogP contribution in [0, 0.1) is 0 Å². The number of hydrogen-bond acceptors (Lipinski definition) is 2. The molecule has 0 saturated carbocycles. The highest BCUT2D eigenvalue weighted by molar-refractivity contribution is 9.10. The van der Waals surface area contributed by atoms with Crippen LogP contribution < -0.4 is 0 Å². The minimum atomic E-state index is 0.644. The van der Waals surface area contributed by atoms with E-state index in [-0.39, 0.29) is 0 Å². The van der Waals surface area contributed by atoms with Crippen molar-refractivity contribution < 1.29 is 0 Å². The monoisotopic (exact) mass is 394 g/mol. The van der Waals surface area contributed by atoms with Gasteiger partial charge in [0.15, 0.2) is 5.82 Å². The van der Waals surface area contributed by atoms with Gasteiger partial charge in [-0.15, -0.1) is 0 Å². The lowest BCUT2D eigenvalue weighted by molar-refractivity contribution is 1.23. The summed E-state index contributed by atoms with van der Waals surface area (Å²) >= 11 is 9.66. The van der Waals surface area contributed by atoms with Crippen LogP contribution in [-0.2, 0) is 0 Å². The zero-order valence-corrected chi connectivity index (χ0v) is 14.9. The minimum absolute atomic E-state index is 0.644. The predicted octanol–water partition coefficient (Wildman–Crippen LogP) is 6.38. The van der Waals surface area contributed by atoms with E-state index < -0.39 is 0 Å². The van der Waals surface area contributed by atoms with Gasteiger partial charge in [-0.25, -0.2) is 9.97 Å². The van der Waals surface area contributed by atoms with Gasteiger partial charge in [0.05, 0.1) is 16.2 Å². The lowest BCUT2D eigenvalue weighted by atomic mass is 10.1. The topological polar surface area (TPSA) is 25.8 Å². The predicted molar refractivity (Wildman–Crippen MR) is 103 cm³/mol. The molecule has 1 heterocycles. The van der Waals surface area contributed by atoms with Crippen LogP contribution in [0.4, 0.5) is 0 Å². The van der Waals surface area contributed by atoms with Gasteiger partial charge in [-0.1, -0.05) is 60.1 Å². The molecule has 0 N–H and O–H groups in total. The maximum atomic E-state index is 6.24. The van der Waals surface area contributed by atoms with Crippen LogP contribution in [0.15, 0.2) is 77.3 Å². The second-order valence-corrected chi connectivity index (χ2v) is 6.67. The van der Waals surface area contributed by atoms with Crippen LogP contribution in [-0.4, -0.2) is 9.97 Å². The zero-order chi connectivity index (χ0) is 16.5. The molecular formula is C20H12BrClN2. The standard InChI is InChI=1S/C20H12BrClN2/c21-16-11-10-14(12-17(16)22)20-23-18-9-5-4-8-15(18)19(24-20)13-6-2-1-3-7-13/h1-12H. The van der Waals surface area contributed by atoms with E-state index in [0.29, 0.717) is 10.8 Å². The molecule has 0 fully saturated rings. The molecule has 0 unspecified atom stereocenters. The van der Waals surface area contributed by atoms with Gasteiger partial charge in [-0.05, 0) is 40.2 Å². The van der Waals surface area contributed by atoms with Gasteiger partial charge < -0.3 is 0 Å². The van der Waals surface area contributed by atoms with Crippen molar-refractivity contribution in [1.29, 1.82) is 0 Å². The molecule has 0 spiro atoms. The van der Waals surface area contributed by atoms with Crippen LogP contribution in [0.2, 0.25) is 5.02 Å². The molecule has 2 nitrogen and oxygen atoms in total. The van der Waals surface area contributed by atoms with Crippen LogP contribution in [0.5, 0.6) is 0 Å². The van der Waals surface area contributed by atoms with Gasteiger partial charge >= 0.3 is 0 Å². The first-order valence-electron chi connectivity index (χ1n) is 7.50. The summed E-state index contributed by atoms with van der Waals surface area (Å²) in [6, 6.07) is 24.0. The van der Waals surface area contributed by atoms with Crippen molar-refractivity contribution >= 4 is 38.4 Å². The number of rotatable bonds is 2. The molecule has 3 aromatic carbocycles. The Morgan fingerprint density at radius 3 is 2.29 bits per heavy atom. The summed E-state index contributed by atoms with van der Waals surface area (Å²) in [5.41, 5.74) is 3.81. The third-order valence-electron chi connectivity index (χ3n) is 3.83. The molecule has 0 aliphatic heterocycles. The summed E-state index contributed by atoms with van der Waals surface area (Å²) in [5.74, 6) is 0.668. The van der Waals surface area contributed by atoms with Crippen molar-refractivity contribution in [3.63, 3.8) is 0 Å². The normalized spacial score (nSPS) is 10.9. The molecule has 0 aliphatic carbocycles. The second-order valence-electron chi connectivity index (χ2n) is 5.41. The van der Waals surface area contributed by atoms with E-state index in [2.05, 4.69) is 34.1 Å². The van der Waals surface area contributed by atoms with Crippen molar-refractivity contribution in [3.8, 4) is 22.6 Å². The Morgan fingerprint density at radius 2 is 1.50 bits per heavy atom. The molecule has 24 heavy (non-hydrogen) atoms. The Hall–Kier alpha value is -2.23. The Kier molecular flexibility index (Phi) is 4.05. The molecule has 0 atom stereocenters. The van der Waals surface area contributed by atoms with Crippen molar-refractivity contribution in [2.45, 2.75) is 0 Å². The van der Waals surface area contributed by atoms with E-state index in [1.54, 1.807) is 0 Å². The number of halogens is 2. The number of hydrogen-bond donors (Lipinski definition) is 0. The number of nitrogens with zero attached hydrogens (tertiary/aromatic N) is 2. The SMILES string of the molecule is Clc1cc(-c2nc(-c3ccccc3)c3ccccc3n2)ccc1Br. The third-order valence-corrected chi connectivity index (χ3v) is 5.06. The Bertz CT molecular complexity index is 1030. The van der Waals surface area contributed by atoms with Crippen LogP contribution >= 0.6 is 27.5 Å². The van der Waals surface area contributed by atoms with E-state index in [9.17, 15) is 0 Å². The molecule has 4 aromatic rings. The molecular weight excluding hydrogens is 384 g/mol. The largest absolute Gasteiger partial charge is 0.228 e. The molecule has 0 bridgehead atoms. The maximum Gasteiger partial charge on any atom is 0.160 e. The van der Waals surface area contributed by atoms with Crippen molar-refractivity contribution in [3.05, 3.63) is 82.3 Å². The molecule has 0 amide bonds. The van der Waals surface area contributed by atoms with Crippen molar-refractivity contribution in [2.75, 3.05) is 0 Å². The summed E-state index contributed by atoms with van der Waals surface area (Å²) in [7, 11) is 0. The first-order chi connectivity index (χ1) is 11.7. The van der Waals surface area contributed by atoms with Gasteiger partial charge in [-0.3, -0.25) is 0 Å². The summed E-state index contributed by atoms with van der Waals surface area (Å²) in [5, 5.41) is 1.68. The summed E-state index contributed by atoms with van der Waals surface area (Å²) in [4.78, 5) is 9.54. The number of aromatic nitrogens is 2. The molecule has 116 valence electrons. The van der Waals surface area contributed by atoms with Crippen molar-refractivity contribution in [1.82, 2.24) is 9.97 Å². The highest BCUT2D eigenvalue weighted by Gasteiger charge is 2.11. The molecule has 1 aromatic heterocycles. The Balaban J connectivity index is 1.99. The lowest BCUT2D eigenvalue weighted by Gasteiger charge is -2.09. The molecule has 4 heteroatoms. The van der Waals surface area contributed by atoms with E-state index in [4.69, 9.17) is 21.6 Å². The average Bonchev–Trinajstić information content (AvgIpc) is 2.64. The molecule has 0 saturated heterocycles. The van der Waals surface area contributed by atoms with Gasteiger partial charge in [0.2, 0.25) is 0 Å². The fourth-order valence-electron chi connectivity index (χ4n) is 2.66. The number of benzene rings is 3. The Morgan fingerprint density at radius 1 is 0.750 bits per heavy atom. The van der Waals surface area contributed by atoms with Crippen LogP contribution in [0.1, 0.15) is 0 Å². The van der Waals surface area contributed by atoms with Crippen molar-refractivity contribution in [2.24, 2.45) is 0 Å². The fraction of sp³-hybridized carbons (Fsp3) is 0. The van der Waals surface area contributed by atoms with Gasteiger partial charge in [0, 0.05) is 21.0 Å². The zero-order valence-electron chi connectivity index (χ0n) is 12.6. The first kappa shape index (κ1) is 15.3. The molecule has 0 aliphatic rings. The second kappa shape index (κ2) is 6.34. The third kappa shape index (κ3) is 2.81. The van der Waals surface area contributed by atoms with E-state index >= 15 is 0 Å². The average molecular weight is 396 g/mol. The van der Waals surface area contributed by atoms with E-state index in [1.807, 2.05) is 54.6 Å². The maximum absolute atomic E-state index is 6.24. The minimum Gasteiger partial charge on any atom is -0.228 e. The number of para-hydroxylation sites is 1. The Labute approximate surface area is 153 Å². The van der Waals surface area contributed by atoms with Gasteiger partial charge in [0.1, 0.15) is 0 Å². The molecule has 4 rings (SSSR count). The van der Waals surface area contributed by atoms with E-state index in [1.165, 1.54) is 0 Å². The van der Waals surface area contributed by atoms with Crippen LogP contribution in [0.25, 0.3) is 33.5 Å².